The van der Waals surface area contributed by atoms with Crippen molar-refractivity contribution in [1.82, 2.24) is 0 Å². The molecule has 0 bridgehead atoms. The van der Waals surface area contributed by atoms with Crippen LogP contribution in [-0.4, -0.2) is 11.5 Å². The molecule has 0 aromatic rings. The summed E-state index contributed by atoms with van der Waals surface area (Å²) in [4.78, 5) is 0. The van der Waals surface area contributed by atoms with Crippen molar-refractivity contribution >= 4 is 21.6 Å². The van der Waals surface area contributed by atoms with Crippen molar-refractivity contribution in [1.29, 1.82) is 0 Å². The lowest BCUT2D eigenvalue weighted by Gasteiger charge is -2.11. The van der Waals surface area contributed by atoms with Crippen molar-refractivity contribution in [3.8, 4) is 0 Å². The van der Waals surface area contributed by atoms with Gasteiger partial charge in [0, 0.05) is 5.25 Å². The number of rotatable bonds is 3. The molecule has 2 heteroatoms. The van der Waals surface area contributed by atoms with Gasteiger partial charge in [0.05, 0.1) is 0 Å². The minimum Gasteiger partial charge on any atom is -0.0973 e. The van der Waals surface area contributed by atoms with Crippen LogP contribution in [0.2, 0.25) is 0 Å². The van der Waals surface area contributed by atoms with E-state index < -0.39 is 0 Å². The van der Waals surface area contributed by atoms with Crippen LogP contribution >= 0.6 is 21.6 Å². The van der Waals surface area contributed by atoms with Crippen LogP contribution < -0.4 is 0 Å². The summed E-state index contributed by atoms with van der Waals surface area (Å²) < 4.78 is 0. The van der Waals surface area contributed by atoms with Gasteiger partial charge in [-0.05, 0) is 12.2 Å². The highest BCUT2D eigenvalue weighted by Gasteiger charge is 2.04. The van der Waals surface area contributed by atoms with E-state index in [0.29, 0.717) is 0 Å². The van der Waals surface area contributed by atoms with E-state index in [1.54, 1.807) is 0 Å². The van der Waals surface area contributed by atoms with Crippen molar-refractivity contribution in [2.75, 3.05) is 6.26 Å². The Balaban J connectivity index is 3.17. The lowest BCUT2D eigenvalue weighted by Crippen LogP contribution is -2.02. The Morgan fingerprint density at radius 1 is 1.12 bits per heavy atom. The molecule has 0 aliphatic carbocycles. The third kappa shape index (κ3) is 3.67. The second-order valence-corrected chi connectivity index (χ2v) is 5.06. The third-order valence-corrected chi connectivity index (χ3v) is 3.72. The Bertz CT molecular complexity index is 52.5. The summed E-state index contributed by atoms with van der Waals surface area (Å²) >= 11 is 0. The Hall–Kier alpha value is 0.700. The summed E-state index contributed by atoms with van der Waals surface area (Å²) in [6.45, 7) is 6.79. The molecule has 0 aromatic carbocycles. The second kappa shape index (κ2) is 4.57. The minimum absolute atomic E-state index is 0.796. The summed E-state index contributed by atoms with van der Waals surface area (Å²) in [5.74, 6) is 0.812. The maximum absolute atomic E-state index is 2.27. The third-order valence-electron chi connectivity index (χ3n) is 1.19. The number of hydrogen-bond acceptors (Lipinski definition) is 2. The van der Waals surface area contributed by atoms with E-state index in [4.69, 9.17) is 0 Å². The molecular formula is C6H14S2. The van der Waals surface area contributed by atoms with Crippen LogP contribution in [0, 0.1) is 5.92 Å². The van der Waals surface area contributed by atoms with Gasteiger partial charge in [-0.2, -0.15) is 0 Å². The summed E-state index contributed by atoms with van der Waals surface area (Å²) in [5.41, 5.74) is 0. The van der Waals surface area contributed by atoms with Crippen molar-refractivity contribution in [3.63, 3.8) is 0 Å². The molecule has 50 valence electrons. The largest absolute Gasteiger partial charge is 0.0973 e. The van der Waals surface area contributed by atoms with Crippen molar-refractivity contribution in [3.05, 3.63) is 0 Å². The Kier molecular flexibility index (Phi) is 4.97. The highest BCUT2D eigenvalue weighted by molar-refractivity contribution is 8.76. The lowest BCUT2D eigenvalue weighted by molar-refractivity contribution is 0.645. The van der Waals surface area contributed by atoms with Gasteiger partial charge in [0.15, 0.2) is 0 Å². The molecule has 0 radical (unpaired) electrons. The van der Waals surface area contributed by atoms with Crippen molar-refractivity contribution in [2.24, 2.45) is 5.92 Å². The highest BCUT2D eigenvalue weighted by Crippen LogP contribution is 2.27. The van der Waals surface area contributed by atoms with E-state index in [1.165, 1.54) is 0 Å². The first-order valence-corrected chi connectivity index (χ1v) is 5.50. The Labute approximate surface area is 60.2 Å². The molecule has 0 saturated carbocycles. The van der Waals surface area contributed by atoms with Gasteiger partial charge >= 0.3 is 0 Å². The fourth-order valence-electron chi connectivity index (χ4n) is 0.263. The van der Waals surface area contributed by atoms with Crippen LogP contribution in [0.5, 0.6) is 0 Å². The topological polar surface area (TPSA) is 0 Å². The minimum atomic E-state index is 0.796. The quantitative estimate of drug-likeness (QED) is 0.567. The van der Waals surface area contributed by atoms with E-state index in [-0.39, 0.29) is 0 Å². The molecule has 0 heterocycles. The van der Waals surface area contributed by atoms with Gasteiger partial charge in [0.1, 0.15) is 0 Å². The normalized spacial score (nSPS) is 14.6. The molecule has 1 unspecified atom stereocenters. The van der Waals surface area contributed by atoms with Gasteiger partial charge in [-0.15, -0.1) is 0 Å². The Morgan fingerprint density at radius 3 is 1.75 bits per heavy atom. The van der Waals surface area contributed by atoms with Crippen LogP contribution in [0.1, 0.15) is 20.8 Å². The lowest BCUT2D eigenvalue weighted by atomic mass is 10.2. The average molecular weight is 150 g/mol. The molecule has 0 nitrogen and oxygen atoms in total. The molecule has 0 fully saturated rings. The zero-order chi connectivity index (χ0) is 6.57. The van der Waals surface area contributed by atoms with Gasteiger partial charge in [-0.3, -0.25) is 0 Å². The monoisotopic (exact) mass is 150 g/mol. The summed E-state index contributed by atoms with van der Waals surface area (Å²) in [5, 5.41) is 0.796. The predicted octanol–water partition coefficient (Wildman–Crippen LogP) is 3.04. The molecule has 0 aliphatic rings. The first kappa shape index (κ1) is 8.70. The van der Waals surface area contributed by atoms with Crippen molar-refractivity contribution < 1.29 is 0 Å². The SMILES string of the molecule is CSSC(C)C(C)C. The summed E-state index contributed by atoms with van der Waals surface area (Å²) in [6, 6.07) is 0. The van der Waals surface area contributed by atoms with E-state index in [2.05, 4.69) is 27.0 Å². The fourth-order valence-corrected chi connectivity index (χ4v) is 2.37. The van der Waals surface area contributed by atoms with Gasteiger partial charge in [-0.25, -0.2) is 0 Å². The molecule has 0 N–H and O–H groups in total. The van der Waals surface area contributed by atoms with E-state index in [9.17, 15) is 0 Å². The molecule has 0 rings (SSSR count). The zero-order valence-corrected chi connectivity index (χ0v) is 7.60. The van der Waals surface area contributed by atoms with E-state index >= 15 is 0 Å². The average Bonchev–Trinajstić information content (AvgIpc) is 1.67. The molecule has 0 amide bonds. The number of hydrogen-bond donors (Lipinski definition) is 0. The molecule has 0 aromatic heterocycles. The van der Waals surface area contributed by atoms with Crippen LogP contribution in [0.25, 0.3) is 0 Å². The van der Waals surface area contributed by atoms with Gasteiger partial charge in [-0.1, -0.05) is 42.4 Å². The van der Waals surface area contributed by atoms with Crippen LogP contribution in [0.4, 0.5) is 0 Å². The highest BCUT2D eigenvalue weighted by atomic mass is 33.1. The molecule has 0 aliphatic heterocycles. The standard InChI is InChI=1S/C6H14S2/c1-5(2)6(3)8-7-4/h5-6H,1-4H3. The predicted molar refractivity (Wildman–Crippen MR) is 45.4 cm³/mol. The first-order chi connectivity index (χ1) is 3.68. The molecular weight excluding hydrogens is 136 g/mol. The zero-order valence-electron chi connectivity index (χ0n) is 5.97. The van der Waals surface area contributed by atoms with Gasteiger partial charge < -0.3 is 0 Å². The van der Waals surface area contributed by atoms with Crippen LogP contribution in [-0.2, 0) is 0 Å². The van der Waals surface area contributed by atoms with E-state index in [0.717, 1.165) is 11.2 Å². The van der Waals surface area contributed by atoms with Gasteiger partial charge in [0.2, 0.25) is 0 Å². The molecule has 1 atom stereocenters. The molecule has 0 spiro atoms. The summed E-state index contributed by atoms with van der Waals surface area (Å²) in [7, 11) is 3.81. The smallest absolute Gasteiger partial charge is 0.0146 e. The Morgan fingerprint density at radius 2 is 1.62 bits per heavy atom. The van der Waals surface area contributed by atoms with Crippen LogP contribution in [0.3, 0.4) is 0 Å². The summed E-state index contributed by atoms with van der Waals surface area (Å²) in [6.07, 6.45) is 2.13. The molecule has 0 saturated heterocycles. The maximum Gasteiger partial charge on any atom is 0.0146 e. The van der Waals surface area contributed by atoms with Crippen molar-refractivity contribution in [2.45, 2.75) is 26.0 Å². The first-order valence-electron chi connectivity index (χ1n) is 2.88. The van der Waals surface area contributed by atoms with Gasteiger partial charge in [0.25, 0.3) is 0 Å². The van der Waals surface area contributed by atoms with E-state index in [1.807, 2.05) is 21.6 Å². The fraction of sp³-hybridized carbons (Fsp3) is 1.00. The maximum atomic E-state index is 2.27. The molecule has 8 heavy (non-hydrogen) atoms. The second-order valence-electron chi connectivity index (χ2n) is 2.21. The van der Waals surface area contributed by atoms with Crippen LogP contribution in [0.15, 0.2) is 0 Å².